The summed E-state index contributed by atoms with van der Waals surface area (Å²) >= 11 is 0. The monoisotopic (exact) mass is 193 g/mol. The van der Waals surface area contributed by atoms with Crippen LogP contribution in [0.1, 0.15) is 22.0 Å². The standard InChI is InChI=1S/C9H7NO4/c11-4-7(5-12)8-3-6(9(13)14)1-2-10-8/h1-5,7H,(H,13,14). The maximum absolute atomic E-state index is 10.5. The third-order valence-electron chi connectivity index (χ3n) is 1.66. The highest BCUT2D eigenvalue weighted by atomic mass is 16.4. The summed E-state index contributed by atoms with van der Waals surface area (Å²) in [5.74, 6) is -2.11. The molecule has 0 atom stereocenters. The van der Waals surface area contributed by atoms with Crippen molar-refractivity contribution in [3.8, 4) is 0 Å². The van der Waals surface area contributed by atoms with Gasteiger partial charge in [0.1, 0.15) is 18.5 Å². The molecule has 1 aromatic rings. The summed E-state index contributed by atoms with van der Waals surface area (Å²) in [4.78, 5) is 35.1. The first-order valence-electron chi connectivity index (χ1n) is 3.79. The van der Waals surface area contributed by atoms with Gasteiger partial charge >= 0.3 is 5.97 Å². The van der Waals surface area contributed by atoms with Gasteiger partial charge in [-0.15, -0.1) is 0 Å². The van der Waals surface area contributed by atoms with Crippen LogP contribution in [0.5, 0.6) is 0 Å². The highest BCUT2D eigenvalue weighted by molar-refractivity contribution is 5.89. The molecule has 14 heavy (non-hydrogen) atoms. The summed E-state index contributed by atoms with van der Waals surface area (Å²) in [6, 6.07) is 2.49. The Morgan fingerprint density at radius 2 is 2.07 bits per heavy atom. The summed E-state index contributed by atoms with van der Waals surface area (Å²) in [7, 11) is 0. The van der Waals surface area contributed by atoms with Crippen molar-refractivity contribution in [3.05, 3.63) is 29.6 Å². The van der Waals surface area contributed by atoms with E-state index >= 15 is 0 Å². The van der Waals surface area contributed by atoms with Crippen LogP contribution in [0.3, 0.4) is 0 Å². The predicted octanol–water partition coefficient (Wildman–Crippen LogP) is 0.261. The Balaban J connectivity index is 3.09. The molecule has 1 aromatic heterocycles. The third kappa shape index (κ3) is 2.01. The second-order valence-corrected chi connectivity index (χ2v) is 2.57. The summed E-state index contributed by atoms with van der Waals surface area (Å²) < 4.78 is 0. The average Bonchev–Trinajstić information content (AvgIpc) is 2.20. The van der Waals surface area contributed by atoms with Crippen LogP contribution in [-0.2, 0) is 9.59 Å². The number of carbonyl (C=O) groups is 3. The smallest absolute Gasteiger partial charge is 0.335 e. The van der Waals surface area contributed by atoms with Gasteiger partial charge in [0.15, 0.2) is 0 Å². The number of carboxylic acids is 1. The molecule has 0 unspecified atom stereocenters. The number of aldehydes is 2. The zero-order valence-corrected chi connectivity index (χ0v) is 7.08. The highest BCUT2D eigenvalue weighted by Gasteiger charge is 2.12. The number of pyridine rings is 1. The summed E-state index contributed by atoms with van der Waals surface area (Å²) in [6.07, 6.45) is 2.08. The molecule has 0 aliphatic carbocycles. The van der Waals surface area contributed by atoms with E-state index < -0.39 is 11.9 Å². The minimum absolute atomic E-state index is 0.00343. The van der Waals surface area contributed by atoms with Gasteiger partial charge in [-0.2, -0.15) is 0 Å². The molecular weight excluding hydrogens is 186 g/mol. The number of carboxylic acid groups (broad SMARTS) is 1. The van der Waals surface area contributed by atoms with Crippen LogP contribution in [0.2, 0.25) is 0 Å². The zero-order valence-electron chi connectivity index (χ0n) is 7.08. The molecule has 0 saturated heterocycles. The Morgan fingerprint density at radius 3 is 2.57 bits per heavy atom. The molecule has 0 aliphatic rings. The van der Waals surface area contributed by atoms with Crippen molar-refractivity contribution < 1.29 is 19.5 Å². The van der Waals surface area contributed by atoms with E-state index in [0.717, 1.165) is 0 Å². The van der Waals surface area contributed by atoms with Crippen molar-refractivity contribution in [1.29, 1.82) is 0 Å². The number of hydrogen-bond acceptors (Lipinski definition) is 4. The summed E-state index contributed by atoms with van der Waals surface area (Å²) in [6.45, 7) is 0. The molecule has 0 radical (unpaired) electrons. The third-order valence-corrected chi connectivity index (χ3v) is 1.66. The minimum atomic E-state index is -1.12. The van der Waals surface area contributed by atoms with Gasteiger partial charge in [0.25, 0.3) is 0 Å². The Hall–Kier alpha value is -2.04. The van der Waals surface area contributed by atoms with E-state index in [1.807, 2.05) is 0 Å². The molecular formula is C9H7NO4. The van der Waals surface area contributed by atoms with Gasteiger partial charge in [0.05, 0.1) is 11.3 Å². The van der Waals surface area contributed by atoms with Crippen LogP contribution in [0.15, 0.2) is 18.3 Å². The van der Waals surface area contributed by atoms with Crippen LogP contribution in [0.25, 0.3) is 0 Å². The molecule has 0 amide bonds. The molecule has 0 saturated carbocycles. The molecule has 0 aliphatic heterocycles. The van der Waals surface area contributed by atoms with E-state index in [1.54, 1.807) is 0 Å². The topological polar surface area (TPSA) is 84.3 Å². The van der Waals surface area contributed by atoms with Crippen molar-refractivity contribution in [2.45, 2.75) is 5.92 Å². The normalized spacial score (nSPS) is 9.79. The fourth-order valence-electron chi connectivity index (χ4n) is 0.935. The van der Waals surface area contributed by atoms with E-state index in [1.165, 1.54) is 18.3 Å². The molecule has 1 N–H and O–H groups in total. The van der Waals surface area contributed by atoms with Gasteiger partial charge in [-0.05, 0) is 12.1 Å². The average molecular weight is 193 g/mol. The van der Waals surface area contributed by atoms with E-state index in [-0.39, 0.29) is 11.3 Å². The number of nitrogens with zero attached hydrogens (tertiary/aromatic N) is 1. The molecule has 0 fully saturated rings. The number of carbonyl (C=O) groups excluding carboxylic acids is 2. The number of aromatic carboxylic acids is 1. The molecule has 1 rings (SSSR count). The fourth-order valence-corrected chi connectivity index (χ4v) is 0.935. The fraction of sp³-hybridized carbons (Fsp3) is 0.111. The van der Waals surface area contributed by atoms with Crippen LogP contribution in [-0.4, -0.2) is 28.6 Å². The quantitative estimate of drug-likeness (QED) is 0.547. The lowest BCUT2D eigenvalue weighted by Gasteiger charge is -2.01. The Kier molecular flexibility index (Phi) is 3.06. The highest BCUT2D eigenvalue weighted by Crippen LogP contribution is 2.09. The Morgan fingerprint density at radius 1 is 1.43 bits per heavy atom. The van der Waals surface area contributed by atoms with Crippen molar-refractivity contribution in [1.82, 2.24) is 4.98 Å². The first kappa shape index (κ1) is 10.0. The maximum Gasteiger partial charge on any atom is 0.335 e. The van der Waals surface area contributed by atoms with E-state index in [2.05, 4.69) is 4.98 Å². The second kappa shape index (κ2) is 4.27. The molecule has 72 valence electrons. The van der Waals surface area contributed by atoms with E-state index in [0.29, 0.717) is 12.6 Å². The molecule has 0 bridgehead atoms. The van der Waals surface area contributed by atoms with E-state index in [9.17, 15) is 14.4 Å². The lowest BCUT2D eigenvalue weighted by atomic mass is 10.1. The second-order valence-electron chi connectivity index (χ2n) is 2.57. The SMILES string of the molecule is O=CC(C=O)c1cc(C(=O)O)ccn1. The largest absolute Gasteiger partial charge is 0.478 e. The predicted molar refractivity (Wildman–Crippen MR) is 46.1 cm³/mol. The number of hydrogen-bond donors (Lipinski definition) is 1. The molecule has 1 heterocycles. The van der Waals surface area contributed by atoms with Gasteiger partial charge in [-0.25, -0.2) is 4.79 Å². The van der Waals surface area contributed by atoms with Crippen LogP contribution in [0, 0.1) is 0 Å². The lowest BCUT2D eigenvalue weighted by molar-refractivity contribution is -0.116. The molecule has 0 aromatic carbocycles. The number of aromatic nitrogens is 1. The summed E-state index contributed by atoms with van der Waals surface area (Å²) in [5, 5.41) is 8.63. The van der Waals surface area contributed by atoms with Crippen LogP contribution >= 0.6 is 0 Å². The van der Waals surface area contributed by atoms with Crippen molar-refractivity contribution >= 4 is 18.5 Å². The zero-order chi connectivity index (χ0) is 10.6. The minimum Gasteiger partial charge on any atom is -0.478 e. The maximum atomic E-state index is 10.5. The van der Waals surface area contributed by atoms with Gasteiger partial charge < -0.3 is 14.7 Å². The lowest BCUT2D eigenvalue weighted by Crippen LogP contribution is -2.06. The van der Waals surface area contributed by atoms with Gasteiger partial charge in [0, 0.05) is 6.20 Å². The Bertz CT molecular complexity index is 367. The van der Waals surface area contributed by atoms with Gasteiger partial charge in [0.2, 0.25) is 0 Å². The van der Waals surface area contributed by atoms with Crippen molar-refractivity contribution in [2.75, 3.05) is 0 Å². The summed E-state index contributed by atoms with van der Waals surface area (Å²) in [5.41, 5.74) is 0.151. The van der Waals surface area contributed by atoms with Crippen molar-refractivity contribution in [2.24, 2.45) is 0 Å². The van der Waals surface area contributed by atoms with E-state index in [4.69, 9.17) is 5.11 Å². The molecule has 5 nitrogen and oxygen atoms in total. The molecule has 0 spiro atoms. The van der Waals surface area contributed by atoms with Gasteiger partial charge in [-0.1, -0.05) is 0 Å². The molecule has 5 heteroatoms. The Labute approximate surface area is 79.4 Å². The first-order valence-corrected chi connectivity index (χ1v) is 3.79. The van der Waals surface area contributed by atoms with Gasteiger partial charge in [-0.3, -0.25) is 4.98 Å². The van der Waals surface area contributed by atoms with Crippen LogP contribution in [0.4, 0.5) is 0 Å². The first-order chi connectivity index (χ1) is 6.69. The number of rotatable bonds is 4. The van der Waals surface area contributed by atoms with Crippen LogP contribution < -0.4 is 0 Å². The van der Waals surface area contributed by atoms with Crippen molar-refractivity contribution in [3.63, 3.8) is 0 Å².